The molecule has 2 N–H and O–H groups in total. The first-order valence-corrected chi connectivity index (χ1v) is 6.80. The van der Waals surface area contributed by atoms with Crippen LogP contribution in [0, 0.1) is 0 Å². The van der Waals surface area contributed by atoms with E-state index in [-0.39, 0.29) is 17.7 Å². The van der Waals surface area contributed by atoms with E-state index < -0.39 is 6.04 Å². The molecule has 1 aliphatic heterocycles. The third-order valence-electron chi connectivity index (χ3n) is 3.58. The Labute approximate surface area is 119 Å². The molecule has 0 aliphatic carbocycles. The van der Waals surface area contributed by atoms with Crippen molar-refractivity contribution in [3.05, 3.63) is 35.4 Å². The number of fused-ring (bicyclic) bond motifs is 1. The van der Waals surface area contributed by atoms with Gasteiger partial charge < -0.3 is 15.5 Å². The van der Waals surface area contributed by atoms with Crippen LogP contribution in [-0.2, 0) is 16.1 Å². The van der Waals surface area contributed by atoms with Crippen LogP contribution in [0.1, 0.15) is 24.0 Å². The predicted octanol–water partition coefficient (Wildman–Crippen LogP) is 0.466. The molecule has 2 amide bonds. The van der Waals surface area contributed by atoms with Gasteiger partial charge in [0.15, 0.2) is 0 Å². The number of benzene rings is 1. The Balaban J connectivity index is 2.09. The lowest BCUT2D eigenvalue weighted by atomic mass is 9.90. The summed E-state index contributed by atoms with van der Waals surface area (Å²) in [6.45, 7) is 3.10. The summed E-state index contributed by atoms with van der Waals surface area (Å²) in [5.41, 5.74) is 2.19. The molecule has 0 aromatic heterocycles. The summed E-state index contributed by atoms with van der Waals surface area (Å²) in [6.07, 6.45) is 0. The Morgan fingerprint density at radius 3 is 2.75 bits per heavy atom. The molecule has 1 aliphatic rings. The van der Waals surface area contributed by atoms with Gasteiger partial charge in [-0.1, -0.05) is 24.3 Å². The van der Waals surface area contributed by atoms with Crippen molar-refractivity contribution < 1.29 is 9.59 Å². The van der Waals surface area contributed by atoms with Crippen molar-refractivity contribution in [3.63, 3.8) is 0 Å². The molecular formula is C15H21N3O2. The Kier molecular flexibility index (Phi) is 4.39. The van der Waals surface area contributed by atoms with Crippen molar-refractivity contribution >= 4 is 11.8 Å². The molecule has 0 fully saturated rings. The molecule has 0 radical (unpaired) electrons. The zero-order valence-electron chi connectivity index (χ0n) is 12.1. The third-order valence-corrected chi connectivity index (χ3v) is 3.58. The van der Waals surface area contributed by atoms with Crippen LogP contribution in [0.5, 0.6) is 0 Å². The fraction of sp³-hybridized carbons (Fsp3) is 0.467. The van der Waals surface area contributed by atoms with Gasteiger partial charge in [-0.2, -0.15) is 0 Å². The molecule has 1 aromatic carbocycles. The normalized spacial score (nSPS) is 18.9. The van der Waals surface area contributed by atoms with E-state index in [9.17, 15) is 9.59 Å². The van der Waals surface area contributed by atoms with Crippen LogP contribution >= 0.6 is 0 Å². The van der Waals surface area contributed by atoms with Gasteiger partial charge in [-0.25, -0.2) is 0 Å². The Hall–Kier alpha value is -1.88. The van der Waals surface area contributed by atoms with Crippen LogP contribution in [0.25, 0.3) is 0 Å². The van der Waals surface area contributed by atoms with Gasteiger partial charge in [-0.3, -0.25) is 9.59 Å². The first-order chi connectivity index (χ1) is 9.50. The maximum atomic E-state index is 12.4. The van der Waals surface area contributed by atoms with Crippen LogP contribution in [0.15, 0.2) is 24.3 Å². The molecule has 5 nitrogen and oxygen atoms in total. The second-order valence-electron chi connectivity index (χ2n) is 5.35. The number of amides is 2. The van der Waals surface area contributed by atoms with Gasteiger partial charge in [-0.05, 0) is 18.1 Å². The number of carbonyl (C=O) groups is 2. The van der Waals surface area contributed by atoms with E-state index in [0.29, 0.717) is 6.54 Å². The fourth-order valence-corrected chi connectivity index (χ4v) is 2.49. The number of nitrogens with zero attached hydrogens (tertiary/aromatic N) is 1. The van der Waals surface area contributed by atoms with Crippen molar-refractivity contribution in [3.8, 4) is 0 Å². The molecule has 20 heavy (non-hydrogen) atoms. The minimum Gasteiger partial charge on any atom is -0.347 e. The minimum absolute atomic E-state index is 0.101. The smallest absolute Gasteiger partial charge is 0.244 e. The molecule has 2 rings (SSSR count). The van der Waals surface area contributed by atoms with E-state index in [4.69, 9.17) is 0 Å². The zero-order chi connectivity index (χ0) is 14.7. The molecule has 0 saturated heterocycles. The standard InChI is InChI=1S/C15H21N3O2/c1-10(15(20)18(2)3)17-14(19)13-9-16-8-11-6-4-5-7-12(11)13/h4-7,10,13,16H,8-9H2,1-3H3,(H,17,19). The van der Waals surface area contributed by atoms with Gasteiger partial charge in [0, 0.05) is 27.2 Å². The fourth-order valence-electron chi connectivity index (χ4n) is 2.49. The monoisotopic (exact) mass is 275 g/mol. The maximum Gasteiger partial charge on any atom is 0.244 e. The summed E-state index contributed by atoms with van der Waals surface area (Å²) in [7, 11) is 3.37. The topological polar surface area (TPSA) is 61.4 Å². The second kappa shape index (κ2) is 6.05. The van der Waals surface area contributed by atoms with Crippen LogP contribution in [0.3, 0.4) is 0 Å². The Morgan fingerprint density at radius 2 is 2.05 bits per heavy atom. The number of nitrogens with one attached hydrogen (secondary N) is 2. The first-order valence-electron chi connectivity index (χ1n) is 6.80. The number of carbonyl (C=O) groups excluding carboxylic acids is 2. The number of hydrogen-bond acceptors (Lipinski definition) is 3. The second-order valence-corrected chi connectivity index (χ2v) is 5.35. The number of rotatable bonds is 3. The molecule has 2 atom stereocenters. The zero-order valence-corrected chi connectivity index (χ0v) is 12.1. The molecule has 0 saturated carbocycles. The van der Waals surface area contributed by atoms with Crippen molar-refractivity contribution in [2.45, 2.75) is 25.4 Å². The Bertz CT molecular complexity index is 514. The maximum absolute atomic E-state index is 12.4. The average Bonchev–Trinajstić information content (AvgIpc) is 2.45. The SMILES string of the molecule is CC(NC(=O)C1CNCc2ccccc21)C(=O)N(C)C. The van der Waals surface area contributed by atoms with E-state index >= 15 is 0 Å². The van der Waals surface area contributed by atoms with Crippen molar-refractivity contribution in [2.75, 3.05) is 20.6 Å². The molecule has 0 bridgehead atoms. The first kappa shape index (κ1) is 14.5. The van der Waals surface area contributed by atoms with Gasteiger partial charge >= 0.3 is 0 Å². The summed E-state index contributed by atoms with van der Waals surface area (Å²) in [5, 5.41) is 6.04. The summed E-state index contributed by atoms with van der Waals surface area (Å²) in [6, 6.07) is 7.42. The van der Waals surface area contributed by atoms with E-state index in [1.165, 1.54) is 4.90 Å². The lowest BCUT2D eigenvalue weighted by Gasteiger charge is -2.27. The molecule has 1 heterocycles. The third kappa shape index (κ3) is 2.99. The summed E-state index contributed by atoms with van der Waals surface area (Å²) in [4.78, 5) is 25.7. The summed E-state index contributed by atoms with van der Waals surface area (Å²) < 4.78 is 0. The lowest BCUT2D eigenvalue weighted by molar-refractivity contribution is -0.134. The van der Waals surface area contributed by atoms with Crippen LogP contribution in [0.4, 0.5) is 0 Å². The Morgan fingerprint density at radius 1 is 1.35 bits per heavy atom. The van der Waals surface area contributed by atoms with Crippen molar-refractivity contribution in [2.24, 2.45) is 0 Å². The quantitative estimate of drug-likeness (QED) is 0.843. The molecule has 0 spiro atoms. The number of likely N-dealkylation sites (N-methyl/N-ethyl adjacent to an activating group) is 1. The van der Waals surface area contributed by atoms with E-state index in [1.807, 2.05) is 24.3 Å². The van der Waals surface area contributed by atoms with E-state index in [1.54, 1.807) is 21.0 Å². The minimum atomic E-state index is -0.508. The van der Waals surface area contributed by atoms with E-state index in [2.05, 4.69) is 10.6 Å². The molecule has 5 heteroatoms. The number of hydrogen-bond donors (Lipinski definition) is 2. The highest BCUT2D eigenvalue weighted by molar-refractivity contribution is 5.90. The van der Waals surface area contributed by atoms with Gasteiger partial charge in [0.05, 0.1) is 5.92 Å². The van der Waals surface area contributed by atoms with Crippen LogP contribution in [0.2, 0.25) is 0 Å². The van der Waals surface area contributed by atoms with Crippen LogP contribution in [-0.4, -0.2) is 43.4 Å². The van der Waals surface area contributed by atoms with Crippen molar-refractivity contribution in [1.29, 1.82) is 0 Å². The largest absolute Gasteiger partial charge is 0.347 e. The summed E-state index contributed by atoms with van der Waals surface area (Å²) >= 11 is 0. The van der Waals surface area contributed by atoms with Gasteiger partial charge in [-0.15, -0.1) is 0 Å². The molecule has 1 aromatic rings. The van der Waals surface area contributed by atoms with Gasteiger partial charge in [0.2, 0.25) is 11.8 Å². The lowest BCUT2D eigenvalue weighted by Crippen LogP contribution is -2.48. The summed E-state index contributed by atoms with van der Waals surface area (Å²) in [5.74, 6) is -0.444. The molecular weight excluding hydrogens is 254 g/mol. The highest BCUT2D eigenvalue weighted by Gasteiger charge is 2.28. The van der Waals surface area contributed by atoms with Crippen molar-refractivity contribution in [1.82, 2.24) is 15.5 Å². The highest BCUT2D eigenvalue weighted by atomic mass is 16.2. The molecule has 108 valence electrons. The van der Waals surface area contributed by atoms with Gasteiger partial charge in [0.25, 0.3) is 0 Å². The highest BCUT2D eigenvalue weighted by Crippen LogP contribution is 2.23. The predicted molar refractivity (Wildman–Crippen MR) is 77.2 cm³/mol. The van der Waals surface area contributed by atoms with Crippen LogP contribution < -0.4 is 10.6 Å². The van der Waals surface area contributed by atoms with E-state index in [0.717, 1.165) is 17.7 Å². The average molecular weight is 275 g/mol. The molecule has 2 unspecified atom stereocenters. The van der Waals surface area contributed by atoms with Gasteiger partial charge in [0.1, 0.15) is 6.04 Å².